The number of nitrogens with one attached hydrogen (secondary N) is 2. The zero-order valence-corrected chi connectivity index (χ0v) is 28.0. The average molecular weight is 657 g/mol. The van der Waals surface area contributed by atoms with Crippen molar-refractivity contribution in [2.24, 2.45) is 22.7 Å². The first-order chi connectivity index (χ1) is 21.7. The Morgan fingerprint density at radius 1 is 1.09 bits per heavy atom. The van der Waals surface area contributed by atoms with Gasteiger partial charge in [-0.25, -0.2) is 8.42 Å². The van der Waals surface area contributed by atoms with Gasteiger partial charge in [-0.05, 0) is 68.4 Å². The molecular formula is C34H48N4O7S. The summed E-state index contributed by atoms with van der Waals surface area (Å²) >= 11 is 0. The second-order valence-electron chi connectivity index (χ2n) is 14.6. The maximum atomic E-state index is 14.3. The van der Waals surface area contributed by atoms with Gasteiger partial charge in [0.2, 0.25) is 21.8 Å². The standard InChI is InChI=1S/C34H48N4O7S/c1-5-23-18-34(23,32(42)36-46(43,44)26-15-16-26)19-29(39)28-20-37(21-35-24-11-7-6-8-12-24)22-38(28)31(41)27(33(2,3)4)17-30(40)45-25-13-9-10-14-25/h5-8,11-12,23,25-28,35H,1,9-10,13-22H2,2-4H3,(H,36,42)/t23-,27-,28+,34-/m1/s1. The number of para-hydroxylation sites is 1. The van der Waals surface area contributed by atoms with Crippen LogP contribution >= 0.6 is 0 Å². The fourth-order valence-electron chi connectivity index (χ4n) is 6.77. The van der Waals surface area contributed by atoms with Crippen LogP contribution in [0.5, 0.6) is 0 Å². The second kappa shape index (κ2) is 13.5. The number of esters is 1. The van der Waals surface area contributed by atoms with E-state index < -0.39 is 49.9 Å². The summed E-state index contributed by atoms with van der Waals surface area (Å²) in [6.07, 6.45) is 6.18. The number of ether oxygens (including phenoxy) is 1. The lowest BCUT2D eigenvalue weighted by molar-refractivity contribution is -0.156. The van der Waals surface area contributed by atoms with Crippen LogP contribution in [0.25, 0.3) is 0 Å². The van der Waals surface area contributed by atoms with Crippen molar-refractivity contribution in [3.8, 4) is 0 Å². The van der Waals surface area contributed by atoms with Crippen molar-refractivity contribution >= 4 is 39.3 Å². The molecule has 0 aromatic heterocycles. The molecule has 2 N–H and O–H groups in total. The molecule has 1 aliphatic heterocycles. The van der Waals surface area contributed by atoms with Gasteiger partial charge in [0.15, 0.2) is 5.78 Å². The third-order valence-electron chi connectivity index (χ3n) is 9.97. The molecule has 1 heterocycles. The first-order valence-corrected chi connectivity index (χ1v) is 18.0. The number of benzene rings is 1. The number of ketones is 1. The van der Waals surface area contributed by atoms with Crippen molar-refractivity contribution in [2.45, 2.75) is 96.0 Å². The number of sulfonamides is 1. The third-order valence-corrected chi connectivity index (χ3v) is 11.8. The zero-order valence-electron chi connectivity index (χ0n) is 27.2. The van der Waals surface area contributed by atoms with Crippen molar-refractivity contribution < 1.29 is 32.3 Å². The first-order valence-electron chi connectivity index (χ1n) is 16.5. The monoisotopic (exact) mass is 656 g/mol. The van der Waals surface area contributed by atoms with E-state index >= 15 is 0 Å². The summed E-state index contributed by atoms with van der Waals surface area (Å²) in [4.78, 5) is 58.4. The van der Waals surface area contributed by atoms with E-state index in [2.05, 4.69) is 16.6 Å². The first kappa shape index (κ1) is 34.1. The molecule has 11 nitrogen and oxygen atoms in total. The highest BCUT2D eigenvalue weighted by molar-refractivity contribution is 7.90. The molecule has 4 aliphatic rings. The van der Waals surface area contributed by atoms with E-state index in [0.717, 1.165) is 31.4 Å². The van der Waals surface area contributed by atoms with Crippen molar-refractivity contribution in [2.75, 3.05) is 25.2 Å². The Hall–Kier alpha value is -3.25. The van der Waals surface area contributed by atoms with Crippen molar-refractivity contribution in [3.05, 3.63) is 43.0 Å². The molecule has 1 aromatic rings. The molecule has 2 amide bonds. The summed E-state index contributed by atoms with van der Waals surface area (Å²) in [7, 11) is -3.80. The third kappa shape index (κ3) is 7.82. The Bertz CT molecular complexity index is 1430. The number of hydrogen-bond acceptors (Lipinski definition) is 9. The lowest BCUT2D eigenvalue weighted by atomic mass is 9.77. The molecule has 3 saturated carbocycles. The van der Waals surface area contributed by atoms with E-state index in [0.29, 0.717) is 25.9 Å². The predicted octanol–water partition coefficient (Wildman–Crippen LogP) is 3.82. The number of carbonyl (C=O) groups is 4. The number of nitrogens with zero attached hydrogens (tertiary/aromatic N) is 2. The van der Waals surface area contributed by atoms with Crippen LogP contribution in [0.1, 0.15) is 78.6 Å². The molecule has 0 radical (unpaired) electrons. The van der Waals surface area contributed by atoms with Crippen LogP contribution < -0.4 is 10.0 Å². The quantitative estimate of drug-likeness (QED) is 0.226. The maximum Gasteiger partial charge on any atom is 0.306 e. The second-order valence-corrected chi connectivity index (χ2v) is 16.5. The minimum Gasteiger partial charge on any atom is -0.462 e. The van der Waals surface area contributed by atoms with Crippen LogP contribution in [0.15, 0.2) is 43.0 Å². The van der Waals surface area contributed by atoms with E-state index in [-0.39, 0.29) is 49.8 Å². The normalized spacial score (nSPS) is 25.9. The van der Waals surface area contributed by atoms with Crippen LogP contribution in [0.3, 0.4) is 0 Å². The molecule has 0 bridgehead atoms. The Balaban J connectivity index is 1.35. The zero-order chi connectivity index (χ0) is 33.3. The summed E-state index contributed by atoms with van der Waals surface area (Å²) in [5, 5.41) is 2.76. The van der Waals surface area contributed by atoms with Crippen LogP contribution in [0.2, 0.25) is 0 Å². The minimum atomic E-state index is -3.80. The van der Waals surface area contributed by atoms with Gasteiger partial charge in [0.1, 0.15) is 12.1 Å². The number of allylic oxidation sites excluding steroid dienone is 1. The van der Waals surface area contributed by atoms with Gasteiger partial charge in [0, 0.05) is 18.7 Å². The lowest BCUT2D eigenvalue weighted by Crippen LogP contribution is -2.49. The highest BCUT2D eigenvalue weighted by Gasteiger charge is 2.61. The number of rotatable bonds is 14. The highest BCUT2D eigenvalue weighted by Crippen LogP contribution is 2.57. The van der Waals surface area contributed by atoms with Gasteiger partial charge in [-0.2, -0.15) is 0 Å². The van der Waals surface area contributed by atoms with E-state index in [9.17, 15) is 27.6 Å². The summed E-state index contributed by atoms with van der Waals surface area (Å²) in [6.45, 7) is 10.3. The summed E-state index contributed by atoms with van der Waals surface area (Å²) in [5.41, 5.74) is -0.936. The van der Waals surface area contributed by atoms with E-state index in [1.807, 2.05) is 56.0 Å². The Morgan fingerprint density at radius 3 is 2.35 bits per heavy atom. The Labute approximate surface area is 272 Å². The minimum absolute atomic E-state index is 0.0948. The summed E-state index contributed by atoms with van der Waals surface area (Å²) in [6, 6.07) is 8.70. The molecular weight excluding hydrogens is 608 g/mol. The van der Waals surface area contributed by atoms with Crippen molar-refractivity contribution in [1.29, 1.82) is 0 Å². The summed E-state index contributed by atoms with van der Waals surface area (Å²) in [5.74, 6) is -2.81. The van der Waals surface area contributed by atoms with E-state index in [1.54, 1.807) is 6.08 Å². The fourth-order valence-corrected chi connectivity index (χ4v) is 8.15. The molecule has 1 saturated heterocycles. The van der Waals surface area contributed by atoms with Gasteiger partial charge >= 0.3 is 5.97 Å². The lowest BCUT2D eigenvalue weighted by Gasteiger charge is -2.34. The van der Waals surface area contributed by atoms with Crippen LogP contribution in [0.4, 0.5) is 5.69 Å². The van der Waals surface area contributed by atoms with Gasteiger partial charge < -0.3 is 15.0 Å². The number of anilines is 1. The molecule has 252 valence electrons. The predicted molar refractivity (Wildman–Crippen MR) is 173 cm³/mol. The molecule has 12 heteroatoms. The number of amides is 2. The fraction of sp³-hybridized carbons (Fsp3) is 0.647. The van der Waals surface area contributed by atoms with Crippen LogP contribution in [-0.4, -0.2) is 79.1 Å². The SMILES string of the molecule is C=C[C@@H]1C[C@]1(CC(=O)[C@@H]1CN(CNc2ccccc2)CN1C(=O)[C@@H](CC(=O)OC1CCCC1)C(C)(C)C)C(=O)NS(=O)(=O)C1CC1. The van der Waals surface area contributed by atoms with Crippen LogP contribution in [-0.2, 0) is 33.9 Å². The molecule has 0 spiro atoms. The van der Waals surface area contributed by atoms with Crippen molar-refractivity contribution in [3.63, 3.8) is 0 Å². The smallest absolute Gasteiger partial charge is 0.306 e. The Kier molecular flexibility index (Phi) is 9.98. The number of carbonyl (C=O) groups excluding carboxylic acids is 4. The summed E-state index contributed by atoms with van der Waals surface area (Å²) < 4.78 is 33.2. The molecule has 1 aromatic carbocycles. The topological polar surface area (TPSA) is 142 Å². The maximum absolute atomic E-state index is 14.3. The average Bonchev–Trinajstić information content (AvgIpc) is 3.88. The van der Waals surface area contributed by atoms with Crippen LogP contribution in [0, 0.1) is 22.7 Å². The molecule has 4 fully saturated rings. The highest BCUT2D eigenvalue weighted by atomic mass is 32.2. The molecule has 46 heavy (non-hydrogen) atoms. The molecule has 5 rings (SSSR count). The van der Waals surface area contributed by atoms with Gasteiger partial charge in [-0.15, -0.1) is 6.58 Å². The number of Topliss-reactive ketones (excluding diaryl/α,β-unsaturated/α-hetero) is 1. The Morgan fingerprint density at radius 2 is 1.76 bits per heavy atom. The van der Waals surface area contributed by atoms with Crippen molar-refractivity contribution in [1.82, 2.24) is 14.5 Å². The van der Waals surface area contributed by atoms with E-state index in [4.69, 9.17) is 4.74 Å². The van der Waals surface area contributed by atoms with Gasteiger partial charge in [0.25, 0.3) is 0 Å². The molecule has 3 aliphatic carbocycles. The van der Waals surface area contributed by atoms with Gasteiger partial charge in [-0.1, -0.05) is 45.0 Å². The molecule has 0 unspecified atom stereocenters. The largest absolute Gasteiger partial charge is 0.462 e. The molecule has 4 atom stereocenters. The van der Waals surface area contributed by atoms with E-state index in [1.165, 1.54) is 4.90 Å². The van der Waals surface area contributed by atoms with Gasteiger partial charge in [-0.3, -0.25) is 28.8 Å². The van der Waals surface area contributed by atoms with Gasteiger partial charge in [0.05, 0.1) is 36.3 Å². The number of hydrogen-bond donors (Lipinski definition) is 2.